The highest BCUT2D eigenvalue weighted by atomic mass is 127. The maximum atomic E-state index is 13.7. The number of methoxy groups -OCH3 is 1. The molecule has 9 heteroatoms. The van der Waals surface area contributed by atoms with E-state index in [9.17, 15) is 9.59 Å². The second-order valence-electron chi connectivity index (χ2n) is 7.74. The predicted octanol–water partition coefficient (Wildman–Crippen LogP) is 3.42. The van der Waals surface area contributed by atoms with E-state index in [4.69, 9.17) is 20.6 Å². The van der Waals surface area contributed by atoms with Gasteiger partial charge in [-0.1, -0.05) is 47.6 Å². The van der Waals surface area contributed by atoms with E-state index < -0.39 is 12.0 Å². The Hall–Kier alpha value is -3.36. The minimum atomic E-state index is -0.641. The number of thiazole rings is 1. The van der Waals surface area contributed by atoms with Crippen molar-refractivity contribution in [1.29, 1.82) is 0 Å². The number of terminal acetylenes is 1. The molecular formula is C27H23IN2O5S. The fourth-order valence-corrected chi connectivity index (χ4v) is 5.80. The molecule has 1 aromatic heterocycles. The quantitative estimate of drug-likeness (QED) is 0.232. The monoisotopic (exact) mass is 614 g/mol. The van der Waals surface area contributed by atoms with Gasteiger partial charge < -0.3 is 14.2 Å². The number of halogens is 1. The van der Waals surface area contributed by atoms with Crippen LogP contribution < -0.4 is 24.4 Å². The first-order valence-corrected chi connectivity index (χ1v) is 13.0. The predicted molar refractivity (Wildman–Crippen MR) is 147 cm³/mol. The van der Waals surface area contributed by atoms with E-state index in [1.54, 1.807) is 37.7 Å². The summed E-state index contributed by atoms with van der Waals surface area (Å²) in [5, 5.41) is 0. The highest BCUT2D eigenvalue weighted by Gasteiger charge is 2.33. The van der Waals surface area contributed by atoms with Gasteiger partial charge in [-0.2, -0.15) is 0 Å². The summed E-state index contributed by atoms with van der Waals surface area (Å²) in [5.74, 6) is 3.03. The van der Waals surface area contributed by atoms with Crippen LogP contribution in [0, 0.1) is 15.9 Å². The van der Waals surface area contributed by atoms with Gasteiger partial charge in [-0.25, -0.2) is 9.79 Å². The molecule has 0 spiro atoms. The van der Waals surface area contributed by atoms with Gasteiger partial charge in [0.2, 0.25) is 0 Å². The summed E-state index contributed by atoms with van der Waals surface area (Å²) in [4.78, 5) is 31.8. The number of ether oxygens (including phenoxy) is 3. The van der Waals surface area contributed by atoms with Crippen LogP contribution in [0.5, 0.6) is 11.5 Å². The highest BCUT2D eigenvalue weighted by Crippen LogP contribution is 2.34. The maximum absolute atomic E-state index is 13.7. The van der Waals surface area contributed by atoms with Crippen LogP contribution >= 0.6 is 33.9 Å². The van der Waals surface area contributed by atoms with Crippen LogP contribution in [0.2, 0.25) is 0 Å². The van der Waals surface area contributed by atoms with Gasteiger partial charge in [0.25, 0.3) is 5.56 Å². The summed E-state index contributed by atoms with van der Waals surface area (Å²) in [6.45, 7) is 3.86. The van der Waals surface area contributed by atoms with Crippen molar-refractivity contribution in [2.45, 2.75) is 19.9 Å². The number of benzene rings is 2. The molecular weight excluding hydrogens is 591 g/mol. The lowest BCUT2D eigenvalue weighted by Crippen LogP contribution is -2.39. The molecule has 1 atom stereocenters. The molecule has 184 valence electrons. The fraction of sp³-hybridized carbons (Fsp3) is 0.222. The van der Waals surface area contributed by atoms with Crippen molar-refractivity contribution in [3.8, 4) is 23.8 Å². The van der Waals surface area contributed by atoms with Crippen LogP contribution in [-0.4, -0.2) is 30.9 Å². The summed E-state index contributed by atoms with van der Waals surface area (Å²) in [6.07, 6.45) is 7.10. The van der Waals surface area contributed by atoms with Crippen molar-refractivity contribution < 1.29 is 19.0 Å². The van der Waals surface area contributed by atoms with Crippen molar-refractivity contribution in [1.82, 2.24) is 4.57 Å². The Kier molecular flexibility index (Phi) is 7.96. The number of rotatable bonds is 7. The van der Waals surface area contributed by atoms with E-state index in [0.717, 1.165) is 14.7 Å². The van der Waals surface area contributed by atoms with Crippen molar-refractivity contribution in [3.05, 3.63) is 88.1 Å². The van der Waals surface area contributed by atoms with Gasteiger partial charge in [0.1, 0.15) is 6.61 Å². The van der Waals surface area contributed by atoms with Gasteiger partial charge in [-0.05, 0) is 65.8 Å². The Labute approximate surface area is 225 Å². The summed E-state index contributed by atoms with van der Waals surface area (Å²) < 4.78 is 19.3. The van der Waals surface area contributed by atoms with Crippen LogP contribution in [0.1, 0.15) is 31.0 Å². The largest absolute Gasteiger partial charge is 0.493 e. The average molecular weight is 614 g/mol. The molecule has 0 N–H and O–H groups in total. The minimum absolute atomic E-state index is 0.117. The summed E-state index contributed by atoms with van der Waals surface area (Å²) in [5.41, 5.74) is 2.19. The summed E-state index contributed by atoms with van der Waals surface area (Å²) >= 11 is 3.41. The third kappa shape index (κ3) is 4.96. The van der Waals surface area contributed by atoms with Crippen LogP contribution in [0.3, 0.4) is 0 Å². The molecule has 0 saturated heterocycles. The smallest absolute Gasteiger partial charge is 0.338 e. The highest BCUT2D eigenvalue weighted by molar-refractivity contribution is 14.1. The van der Waals surface area contributed by atoms with E-state index in [2.05, 4.69) is 33.5 Å². The van der Waals surface area contributed by atoms with Crippen LogP contribution in [0.15, 0.2) is 63.5 Å². The number of fused-ring (bicyclic) bond motifs is 1. The molecule has 3 aromatic rings. The normalized spacial score (nSPS) is 15.1. The average Bonchev–Trinajstić information content (AvgIpc) is 3.17. The molecule has 0 amide bonds. The van der Waals surface area contributed by atoms with Gasteiger partial charge in [0.05, 0.1) is 39.1 Å². The number of hydrogen-bond acceptors (Lipinski definition) is 7. The molecule has 1 aliphatic rings. The van der Waals surface area contributed by atoms with Gasteiger partial charge >= 0.3 is 5.97 Å². The molecule has 1 aliphatic heterocycles. The molecule has 4 rings (SSSR count). The van der Waals surface area contributed by atoms with E-state index >= 15 is 0 Å². The van der Waals surface area contributed by atoms with Crippen molar-refractivity contribution >= 4 is 46.0 Å². The molecule has 0 aliphatic carbocycles. The number of allylic oxidation sites excluding steroid dienone is 1. The molecule has 0 bridgehead atoms. The van der Waals surface area contributed by atoms with Crippen molar-refractivity contribution in [2.75, 3.05) is 20.3 Å². The number of nitrogens with zero attached hydrogens (tertiary/aromatic N) is 2. The van der Waals surface area contributed by atoms with Crippen LogP contribution in [-0.2, 0) is 9.53 Å². The number of carbonyl (C=O) groups excluding carboxylic acids is 1. The lowest BCUT2D eigenvalue weighted by Gasteiger charge is -2.24. The lowest BCUT2D eigenvalue weighted by atomic mass is 9.96. The van der Waals surface area contributed by atoms with Crippen LogP contribution in [0.25, 0.3) is 6.08 Å². The van der Waals surface area contributed by atoms with Gasteiger partial charge in [-0.3, -0.25) is 9.36 Å². The van der Waals surface area contributed by atoms with Gasteiger partial charge in [0, 0.05) is 0 Å². The summed E-state index contributed by atoms with van der Waals surface area (Å²) in [7, 11) is 1.55. The van der Waals surface area contributed by atoms with E-state index in [-0.39, 0.29) is 18.8 Å². The van der Waals surface area contributed by atoms with E-state index in [1.807, 2.05) is 36.4 Å². The first-order chi connectivity index (χ1) is 17.4. The van der Waals surface area contributed by atoms with Crippen LogP contribution in [0.4, 0.5) is 0 Å². The number of carbonyl (C=O) groups is 1. The Morgan fingerprint density at radius 2 is 2.06 bits per heavy atom. The summed E-state index contributed by atoms with van der Waals surface area (Å²) in [6, 6.07) is 12.5. The SMILES string of the molecule is C#CCOc1c(I)cc(/C=c2\sc3n(c2=O)[C@@H](c2ccccc2)C(C(=O)OCC)=C(C)N=3)cc1OC. The minimum Gasteiger partial charge on any atom is -0.493 e. The van der Waals surface area contributed by atoms with E-state index in [1.165, 1.54) is 11.3 Å². The maximum Gasteiger partial charge on any atom is 0.338 e. The first kappa shape index (κ1) is 25.7. The molecule has 0 saturated carbocycles. The topological polar surface area (TPSA) is 79.1 Å². The first-order valence-electron chi connectivity index (χ1n) is 11.1. The number of esters is 1. The van der Waals surface area contributed by atoms with Gasteiger partial charge in [0.15, 0.2) is 16.3 Å². The second-order valence-corrected chi connectivity index (χ2v) is 9.91. The zero-order chi connectivity index (χ0) is 25.8. The third-order valence-corrected chi connectivity index (χ3v) is 7.27. The Morgan fingerprint density at radius 1 is 1.31 bits per heavy atom. The molecule has 0 radical (unpaired) electrons. The molecule has 2 aromatic carbocycles. The van der Waals surface area contributed by atoms with Crippen molar-refractivity contribution in [2.24, 2.45) is 4.99 Å². The molecule has 0 unspecified atom stereocenters. The Balaban J connectivity index is 1.89. The fourth-order valence-electron chi connectivity index (χ4n) is 3.97. The van der Waals surface area contributed by atoms with Crippen molar-refractivity contribution in [3.63, 3.8) is 0 Å². The number of aromatic nitrogens is 1. The second kappa shape index (κ2) is 11.1. The molecule has 2 heterocycles. The zero-order valence-electron chi connectivity index (χ0n) is 19.9. The molecule has 36 heavy (non-hydrogen) atoms. The standard InChI is InChI=1S/C27H23IN2O5S/c1-5-12-35-24-19(28)13-17(14-20(24)33-4)15-21-25(31)30-23(18-10-8-7-9-11-18)22(26(32)34-6-2)16(3)29-27(30)36-21/h1,7-11,13-15,23H,6,12H2,2-4H3/b21-15-/t23-/m0/s1. The molecule has 0 fully saturated rings. The van der Waals surface area contributed by atoms with Gasteiger partial charge in [-0.15, -0.1) is 6.42 Å². The Bertz CT molecular complexity index is 1560. The number of hydrogen-bond donors (Lipinski definition) is 0. The Morgan fingerprint density at radius 3 is 2.72 bits per heavy atom. The molecule has 7 nitrogen and oxygen atoms in total. The lowest BCUT2D eigenvalue weighted by molar-refractivity contribution is -0.139. The zero-order valence-corrected chi connectivity index (χ0v) is 22.9. The third-order valence-electron chi connectivity index (χ3n) is 5.48. The van der Waals surface area contributed by atoms with E-state index in [0.29, 0.717) is 32.1 Å².